The van der Waals surface area contributed by atoms with Gasteiger partial charge in [-0.2, -0.15) is 0 Å². The molecule has 1 N–H and O–H groups in total. The molecule has 0 aromatic carbocycles. The molecule has 0 heterocycles. The van der Waals surface area contributed by atoms with Gasteiger partial charge in [0.1, 0.15) is 19.3 Å². The first-order chi connectivity index (χ1) is 29.6. The number of hydrogen-bond donors (Lipinski definition) is 1. The van der Waals surface area contributed by atoms with E-state index < -0.39 is 13.9 Å². The first-order valence-corrected chi connectivity index (χ1v) is 26.5. The summed E-state index contributed by atoms with van der Waals surface area (Å²) in [6, 6.07) is 0. The summed E-state index contributed by atoms with van der Waals surface area (Å²) in [5, 5.41) is 0. The summed E-state index contributed by atoms with van der Waals surface area (Å²) in [5.41, 5.74) is 0. The van der Waals surface area contributed by atoms with Crippen LogP contribution in [0.15, 0.2) is 60.8 Å². The maximum atomic E-state index is 12.8. The Morgan fingerprint density at radius 2 is 0.951 bits per heavy atom. The molecule has 0 spiro atoms. The molecule has 0 saturated carbocycles. The van der Waals surface area contributed by atoms with Crippen molar-refractivity contribution in [2.75, 3.05) is 54.1 Å². The Hall–Kier alpha value is -1.80. The van der Waals surface area contributed by atoms with Crippen molar-refractivity contribution < 1.29 is 37.3 Å². The van der Waals surface area contributed by atoms with Crippen LogP contribution in [0.5, 0.6) is 0 Å². The van der Waals surface area contributed by atoms with Gasteiger partial charge in [-0.25, -0.2) is 4.57 Å². The first kappa shape index (κ1) is 59.2. The Balaban J connectivity index is 4.11. The number of ether oxygens (including phenoxy) is 2. The number of phosphoric acid groups is 1. The lowest BCUT2D eigenvalue weighted by Gasteiger charge is -2.24. The molecular weight excluding hydrogens is 782 g/mol. The highest BCUT2D eigenvalue weighted by Crippen LogP contribution is 2.43. The summed E-state index contributed by atoms with van der Waals surface area (Å²) in [6.07, 6.45) is 56.9. The van der Waals surface area contributed by atoms with E-state index in [1.165, 1.54) is 128 Å². The summed E-state index contributed by atoms with van der Waals surface area (Å²) in [7, 11) is 1.66. The van der Waals surface area contributed by atoms with E-state index in [-0.39, 0.29) is 25.8 Å². The number of likely N-dealkylation sites (N-methyl/N-ethyl adjacent to an activating group) is 1. The number of quaternary nitrogens is 1. The predicted octanol–water partition coefficient (Wildman–Crippen LogP) is 15.3. The first-order valence-electron chi connectivity index (χ1n) is 25.0. The van der Waals surface area contributed by atoms with Crippen LogP contribution in [-0.4, -0.2) is 75.6 Å². The summed E-state index contributed by atoms with van der Waals surface area (Å²) >= 11 is 0. The minimum absolute atomic E-state index is 0.0856. The van der Waals surface area contributed by atoms with Gasteiger partial charge in [0, 0.05) is 13.0 Å². The normalized spacial score (nSPS) is 14.1. The lowest BCUT2D eigenvalue weighted by atomic mass is 10.0. The SMILES string of the molecule is CC/C=C\C/C=C\C/C=C\C/C=C\CCCCCCCCCCCCCCC(=O)OC(COCCCCCCCC/C=C\CCCCCC)COP(=O)(O)OCC[N+](C)(C)C. The number of rotatable bonds is 46. The summed E-state index contributed by atoms with van der Waals surface area (Å²) in [5.74, 6) is -0.319. The van der Waals surface area contributed by atoms with Crippen LogP contribution >= 0.6 is 7.82 Å². The van der Waals surface area contributed by atoms with Gasteiger partial charge in [-0.15, -0.1) is 0 Å². The lowest BCUT2D eigenvalue weighted by Crippen LogP contribution is -2.37. The van der Waals surface area contributed by atoms with Gasteiger partial charge in [-0.3, -0.25) is 13.8 Å². The van der Waals surface area contributed by atoms with E-state index in [2.05, 4.69) is 74.6 Å². The smallest absolute Gasteiger partial charge is 0.457 e. The number of allylic oxidation sites excluding steroid dienone is 10. The van der Waals surface area contributed by atoms with E-state index in [0.29, 0.717) is 24.1 Å². The van der Waals surface area contributed by atoms with Crippen molar-refractivity contribution in [2.24, 2.45) is 0 Å². The zero-order valence-corrected chi connectivity index (χ0v) is 41.3. The second-order valence-electron chi connectivity index (χ2n) is 17.8. The van der Waals surface area contributed by atoms with Crippen molar-refractivity contribution >= 4 is 13.8 Å². The largest absolute Gasteiger partial charge is 0.472 e. The van der Waals surface area contributed by atoms with E-state index in [9.17, 15) is 14.3 Å². The van der Waals surface area contributed by atoms with E-state index in [4.69, 9.17) is 18.5 Å². The zero-order valence-electron chi connectivity index (χ0n) is 40.4. The van der Waals surface area contributed by atoms with Gasteiger partial charge in [0.15, 0.2) is 0 Å². The third kappa shape index (κ3) is 49.1. The molecule has 0 aliphatic rings. The second kappa shape index (κ2) is 44.8. The number of unbranched alkanes of at least 4 members (excludes halogenated alkanes) is 22. The van der Waals surface area contributed by atoms with Crippen molar-refractivity contribution in [1.82, 2.24) is 0 Å². The molecule has 0 rings (SSSR count). The molecule has 0 bridgehead atoms. The number of carbonyl (C=O) groups is 1. The van der Waals surface area contributed by atoms with Gasteiger partial charge < -0.3 is 18.9 Å². The van der Waals surface area contributed by atoms with Crippen molar-refractivity contribution in [3.63, 3.8) is 0 Å². The van der Waals surface area contributed by atoms with Crippen LogP contribution in [0.4, 0.5) is 0 Å². The predicted molar refractivity (Wildman–Crippen MR) is 261 cm³/mol. The van der Waals surface area contributed by atoms with E-state index in [1.807, 2.05) is 21.1 Å². The highest BCUT2D eigenvalue weighted by molar-refractivity contribution is 7.47. The maximum Gasteiger partial charge on any atom is 0.472 e. The van der Waals surface area contributed by atoms with Crippen LogP contribution < -0.4 is 0 Å². The highest BCUT2D eigenvalue weighted by atomic mass is 31.2. The van der Waals surface area contributed by atoms with Crippen molar-refractivity contribution in [1.29, 1.82) is 0 Å². The van der Waals surface area contributed by atoms with Gasteiger partial charge in [0.25, 0.3) is 0 Å². The Kier molecular flexibility index (Phi) is 43.5. The number of phosphoric ester groups is 1. The molecule has 0 saturated heterocycles. The number of carbonyl (C=O) groups excluding carboxylic acids is 1. The maximum absolute atomic E-state index is 12.8. The van der Waals surface area contributed by atoms with E-state index >= 15 is 0 Å². The van der Waals surface area contributed by atoms with Crippen molar-refractivity contribution in [3.05, 3.63) is 60.8 Å². The quantitative estimate of drug-likeness (QED) is 0.0214. The van der Waals surface area contributed by atoms with Crippen LogP contribution in [0, 0.1) is 0 Å². The van der Waals surface area contributed by atoms with Crippen LogP contribution in [0.25, 0.3) is 0 Å². The molecule has 8 nitrogen and oxygen atoms in total. The molecule has 0 aliphatic heterocycles. The topological polar surface area (TPSA) is 91.3 Å². The van der Waals surface area contributed by atoms with Crippen LogP contribution in [0.3, 0.4) is 0 Å². The number of esters is 1. The van der Waals surface area contributed by atoms with Crippen LogP contribution in [0.2, 0.25) is 0 Å². The number of hydrogen-bond acceptors (Lipinski definition) is 6. The Morgan fingerprint density at radius 1 is 0.525 bits per heavy atom. The molecule has 0 amide bonds. The molecule has 2 unspecified atom stereocenters. The van der Waals surface area contributed by atoms with Crippen molar-refractivity contribution in [3.8, 4) is 0 Å². The molecular formula is C52H97NO7P+. The molecule has 0 fully saturated rings. The third-order valence-electron chi connectivity index (χ3n) is 10.6. The minimum Gasteiger partial charge on any atom is -0.457 e. The molecule has 9 heteroatoms. The summed E-state index contributed by atoms with van der Waals surface area (Å²) in [4.78, 5) is 23.0. The fourth-order valence-corrected chi connectivity index (χ4v) is 7.46. The average molecular weight is 879 g/mol. The molecule has 356 valence electrons. The fraction of sp³-hybridized carbons (Fsp3) is 0.788. The van der Waals surface area contributed by atoms with Crippen LogP contribution in [0.1, 0.15) is 206 Å². The Bertz CT molecular complexity index is 1160. The van der Waals surface area contributed by atoms with Crippen LogP contribution in [-0.2, 0) is 27.9 Å². The van der Waals surface area contributed by atoms with Gasteiger partial charge in [-0.1, -0.05) is 184 Å². The van der Waals surface area contributed by atoms with Gasteiger partial charge >= 0.3 is 13.8 Å². The fourth-order valence-electron chi connectivity index (χ4n) is 6.72. The summed E-state index contributed by atoms with van der Waals surface area (Å²) < 4.78 is 35.1. The number of nitrogens with zero attached hydrogens (tertiary/aromatic N) is 1. The summed E-state index contributed by atoms with van der Waals surface area (Å²) in [6.45, 7) is 5.49. The standard InChI is InChI=1S/C52H96NO7P/c1-6-8-10-12-14-16-18-20-22-23-24-25-26-27-28-29-30-31-32-33-35-37-39-41-43-45-52(54)60-51(50-59-61(55,56)58-48-46-53(3,4)5)49-57-47-44-42-40-38-36-34-21-19-17-15-13-11-9-7-2/h8,10,14,16-17,19-20,22,24-25,51H,6-7,9,11-13,15,18,21,23,26-50H2,1-5H3/p+1/b10-8-,16-14-,19-17-,22-20-,25-24-. The molecule has 0 aromatic rings. The molecule has 0 radical (unpaired) electrons. The minimum atomic E-state index is -4.28. The molecule has 0 aromatic heterocycles. The molecule has 0 aliphatic carbocycles. The second-order valence-corrected chi connectivity index (χ2v) is 19.3. The third-order valence-corrected chi connectivity index (χ3v) is 11.5. The average Bonchev–Trinajstić information content (AvgIpc) is 3.22. The van der Waals surface area contributed by atoms with E-state index in [1.54, 1.807) is 0 Å². The van der Waals surface area contributed by atoms with Gasteiger partial charge in [-0.05, 0) is 77.0 Å². The lowest BCUT2D eigenvalue weighted by molar-refractivity contribution is -0.870. The zero-order chi connectivity index (χ0) is 44.8. The Morgan fingerprint density at radius 3 is 1.44 bits per heavy atom. The molecule has 2 atom stereocenters. The van der Waals surface area contributed by atoms with Gasteiger partial charge in [0.2, 0.25) is 0 Å². The van der Waals surface area contributed by atoms with E-state index in [0.717, 1.165) is 57.8 Å². The Labute approximate surface area is 377 Å². The van der Waals surface area contributed by atoms with Gasteiger partial charge in [0.05, 0.1) is 34.4 Å². The highest BCUT2D eigenvalue weighted by Gasteiger charge is 2.26. The molecule has 61 heavy (non-hydrogen) atoms. The van der Waals surface area contributed by atoms with Crippen molar-refractivity contribution in [2.45, 2.75) is 213 Å². The monoisotopic (exact) mass is 879 g/mol.